The van der Waals surface area contributed by atoms with Crippen LogP contribution in [0.5, 0.6) is 5.75 Å². The van der Waals surface area contributed by atoms with Crippen molar-refractivity contribution in [1.29, 1.82) is 0 Å². The van der Waals surface area contributed by atoms with E-state index in [1.54, 1.807) is 13.0 Å². The van der Waals surface area contributed by atoms with E-state index in [2.05, 4.69) is 28.5 Å². The van der Waals surface area contributed by atoms with Crippen molar-refractivity contribution in [2.24, 2.45) is 0 Å². The molecule has 2 aromatic heterocycles. The average molecular weight is 473 g/mol. The Morgan fingerprint density at radius 1 is 1.26 bits per heavy atom. The minimum Gasteiger partial charge on any atom is -0.494 e. The van der Waals surface area contributed by atoms with Crippen LogP contribution in [0.3, 0.4) is 0 Å². The zero-order valence-electron chi connectivity index (χ0n) is 20.0. The zero-order chi connectivity index (χ0) is 24.1. The number of hydrogen-bond acceptors (Lipinski definition) is 4. The molecule has 35 heavy (non-hydrogen) atoms. The molecule has 2 aromatic carbocycles. The van der Waals surface area contributed by atoms with Crippen LogP contribution in [-0.4, -0.2) is 47.0 Å². The van der Waals surface area contributed by atoms with Crippen molar-refractivity contribution >= 4 is 27.7 Å². The molecule has 6 rings (SSSR count). The lowest BCUT2D eigenvalue weighted by atomic mass is 9.87. The number of aryl methyl sites for hydroxylation is 1. The van der Waals surface area contributed by atoms with Crippen LogP contribution in [0.1, 0.15) is 48.3 Å². The first-order chi connectivity index (χ1) is 17.0. The van der Waals surface area contributed by atoms with Crippen molar-refractivity contribution in [3.05, 3.63) is 70.8 Å². The third kappa shape index (κ3) is 3.84. The van der Waals surface area contributed by atoms with Gasteiger partial charge >= 0.3 is 0 Å². The van der Waals surface area contributed by atoms with Gasteiger partial charge in [0, 0.05) is 48.8 Å². The lowest BCUT2D eigenvalue weighted by Crippen LogP contribution is -2.60. The van der Waals surface area contributed by atoms with E-state index in [4.69, 9.17) is 9.72 Å². The number of halogens is 1. The van der Waals surface area contributed by atoms with Crippen LogP contribution in [0.4, 0.5) is 4.39 Å². The predicted octanol–water partition coefficient (Wildman–Crippen LogP) is 4.65. The zero-order valence-corrected chi connectivity index (χ0v) is 20.0. The van der Waals surface area contributed by atoms with Gasteiger partial charge in [-0.2, -0.15) is 0 Å². The van der Waals surface area contributed by atoms with Crippen molar-refractivity contribution in [2.75, 3.05) is 20.2 Å². The molecule has 1 aliphatic heterocycles. The Balaban J connectivity index is 1.44. The highest BCUT2D eigenvalue weighted by Gasteiger charge is 2.33. The number of amides is 1. The van der Waals surface area contributed by atoms with Crippen molar-refractivity contribution in [1.82, 2.24) is 20.2 Å². The van der Waals surface area contributed by atoms with Crippen LogP contribution in [0.2, 0.25) is 0 Å². The highest BCUT2D eigenvalue weighted by molar-refractivity contribution is 6.10. The fraction of sp³-hybridized carbons (Fsp3) is 0.357. The Morgan fingerprint density at radius 3 is 2.86 bits per heavy atom. The van der Waals surface area contributed by atoms with Crippen LogP contribution < -0.4 is 10.1 Å². The molecule has 1 atom stereocenters. The van der Waals surface area contributed by atoms with E-state index in [0.717, 1.165) is 60.3 Å². The summed E-state index contributed by atoms with van der Waals surface area (Å²) in [5.41, 5.74) is 6.30. The molecule has 1 aliphatic carbocycles. The summed E-state index contributed by atoms with van der Waals surface area (Å²) in [6.45, 7) is 3.11. The molecule has 1 fully saturated rings. The van der Waals surface area contributed by atoms with E-state index in [1.165, 1.54) is 29.5 Å². The number of likely N-dealkylation sites (tertiary alicyclic amines) is 1. The molecule has 4 aromatic rings. The minimum absolute atomic E-state index is 0.125. The summed E-state index contributed by atoms with van der Waals surface area (Å²) >= 11 is 0. The molecule has 2 aliphatic rings. The minimum atomic E-state index is -0.365. The summed E-state index contributed by atoms with van der Waals surface area (Å²) < 4.78 is 19.6. The number of fused-ring (bicyclic) bond motifs is 5. The number of nitrogens with one attached hydrogen (secondary N) is 2. The maximum Gasteiger partial charge on any atom is 0.219 e. The molecule has 0 radical (unpaired) electrons. The van der Waals surface area contributed by atoms with Crippen molar-refractivity contribution < 1.29 is 13.9 Å². The third-order valence-electron chi connectivity index (χ3n) is 7.46. The first-order valence-corrected chi connectivity index (χ1v) is 12.3. The molecule has 6 nitrogen and oxygen atoms in total. The summed E-state index contributed by atoms with van der Waals surface area (Å²) in [7, 11) is 1.47. The van der Waals surface area contributed by atoms with Crippen LogP contribution in [-0.2, 0) is 17.6 Å². The van der Waals surface area contributed by atoms with Crippen molar-refractivity contribution in [3.63, 3.8) is 0 Å². The van der Waals surface area contributed by atoms with Gasteiger partial charge in [0.05, 0.1) is 30.1 Å². The molecular formula is C28H29FN4O2. The number of aromatic amines is 1. The monoisotopic (exact) mass is 472 g/mol. The molecule has 0 bridgehead atoms. The van der Waals surface area contributed by atoms with Gasteiger partial charge in [0.2, 0.25) is 5.91 Å². The van der Waals surface area contributed by atoms with Gasteiger partial charge in [0.1, 0.15) is 0 Å². The molecule has 2 N–H and O–H groups in total. The number of benzene rings is 2. The van der Waals surface area contributed by atoms with Crippen LogP contribution >= 0.6 is 0 Å². The standard InChI is InChI=1S/C28H29FN4O2/c1-16(34)33-14-18(15-33)30-23-9-5-7-20-26-19-6-3-4-8-22(19)31-28(26)24(32-27(20)23)13-17-10-11-25(35-2)21(29)12-17/h3-4,6,8,10-12,18,23,30-31H,5,7,9,13-15H2,1-2H3. The summed E-state index contributed by atoms with van der Waals surface area (Å²) in [6, 6.07) is 13.9. The number of methoxy groups -OCH3 is 1. The number of carbonyl (C=O) groups is 1. The second-order valence-electron chi connectivity index (χ2n) is 9.72. The molecule has 0 saturated carbocycles. The molecule has 1 saturated heterocycles. The Labute approximate surface area is 203 Å². The van der Waals surface area contributed by atoms with E-state index < -0.39 is 0 Å². The van der Waals surface area contributed by atoms with Gasteiger partial charge in [-0.15, -0.1) is 0 Å². The van der Waals surface area contributed by atoms with E-state index in [1.807, 2.05) is 17.0 Å². The smallest absolute Gasteiger partial charge is 0.219 e. The lowest BCUT2D eigenvalue weighted by molar-refractivity contribution is -0.133. The van der Waals surface area contributed by atoms with Crippen molar-refractivity contribution in [3.8, 4) is 5.75 Å². The number of carbonyl (C=O) groups excluding carboxylic acids is 1. The fourth-order valence-corrected chi connectivity index (χ4v) is 5.66. The number of ether oxygens (including phenoxy) is 1. The first-order valence-electron chi connectivity index (χ1n) is 12.3. The first kappa shape index (κ1) is 22.0. The van der Waals surface area contributed by atoms with E-state index in [-0.39, 0.29) is 29.6 Å². The summed E-state index contributed by atoms with van der Waals surface area (Å²) in [6.07, 6.45) is 3.61. The summed E-state index contributed by atoms with van der Waals surface area (Å²) in [4.78, 5) is 22.3. The Morgan fingerprint density at radius 2 is 2.09 bits per heavy atom. The lowest BCUT2D eigenvalue weighted by Gasteiger charge is -2.42. The summed E-state index contributed by atoms with van der Waals surface area (Å²) in [5, 5.41) is 6.21. The molecule has 180 valence electrons. The van der Waals surface area contributed by atoms with Gasteiger partial charge in [0.15, 0.2) is 11.6 Å². The normalized spacial score (nSPS) is 18.0. The number of pyridine rings is 1. The fourth-order valence-electron chi connectivity index (χ4n) is 5.66. The maximum absolute atomic E-state index is 14.5. The van der Waals surface area contributed by atoms with Gasteiger partial charge in [-0.3, -0.25) is 9.78 Å². The Bertz CT molecular complexity index is 1440. The third-order valence-corrected chi connectivity index (χ3v) is 7.46. The van der Waals surface area contributed by atoms with Crippen LogP contribution in [0, 0.1) is 5.82 Å². The van der Waals surface area contributed by atoms with Gasteiger partial charge in [0.25, 0.3) is 0 Å². The van der Waals surface area contributed by atoms with Crippen LogP contribution in [0.15, 0.2) is 42.5 Å². The quantitative estimate of drug-likeness (QED) is 0.444. The average Bonchev–Trinajstić information content (AvgIpc) is 3.22. The second kappa shape index (κ2) is 8.64. The number of rotatable bonds is 5. The number of hydrogen-bond donors (Lipinski definition) is 2. The molecule has 1 amide bonds. The highest BCUT2D eigenvalue weighted by atomic mass is 19.1. The summed E-state index contributed by atoms with van der Waals surface area (Å²) in [5.74, 6) is 0.00223. The van der Waals surface area contributed by atoms with E-state index in [0.29, 0.717) is 6.42 Å². The molecular weight excluding hydrogens is 443 g/mol. The molecule has 0 spiro atoms. The molecule has 7 heteroatoms. The SMILES string of the molecule is COc1ccc(Cc2nc3c(c4c2[nH]c2ccccc24)CCCC3NC2CN(C(C)=O)C2)cc1F. The number of nitrogens with zero attached hydrogens (tertiary/aromatic N) is 2. The number of aromatic nitrogens is 2. The predicted molar refractivity (Wildman–Crippen MR) is 134 cm³/mol. The topological polar surface area (TPSA) is 70.2 Å². The number of H-pyrrole nitrogens is 1. The van der Waals surface area contributed by atoms with Gasteiger partial charge in [-0.25, -0.2) is 4.39 Å². The Kier molecular flexibility index (Phi) is 5.44. The van der Waals surface area contributed by atoms with E-state index in [9.17, 15) is 9.18 Å². The second-order valence-corrected chi connectivity index (χ2v) is 9.72. The number of para-hydroxylation sites is 1. The van der Waals surface area contributed by atoms with Gasteiger partial charge in [-0.05, 0) is 48.6 Å². The largest absolute Gasteiger partial charge is 0.494 e. The van der Waals surface area contributed by atoms with Crippen LogP contribution in [0.25, 0.3) is 21.8 Å². The van der Waals surface area contributed by atoms with Gasteiger partial charge in [-0.1, -0.05) is 24.3 Å². The highest BCUT2D eigenvalue weighted by Crippen LogP contribution is 2.39. The Hall–Kier alpha value is -3.45. The molecule has 3 heterocycles. The van der Waals surface area contributed by atoms with Crippen molar-refractivity contribution in [2.45, 2.75) is 44.7 Å². The van der Waals surface area contributed by atoms with E-state index >= 15 is 0 Å². The van der Waals surface area contributed by atoms with Gasteiger partial charge < -0.3 is 19.9 Å². The maximum atomic E-state index is 14.5. The molecule has 1 unspecified atom stereocenters.